The maximum absolute atomic E-state index is 11.3. The fourth-order valence-corrected chi connectivity index (χ4v) is 2.42. The summed E-state index contributed by atoms with van der Waals surface area (Å²) in [7, 11) is -1.34. The van der Waals surface area contributed by atoms with Crippen LogP contribution in [-0.4, -0.2) is 45.9 Å². The molecule has 0 aliphatic carbocycles. The van der Waals surface area contributed by atoms with Gasteiger partial charge in [0, 0.05) is 26.2 Å². The molecular formula is C6H15N3O2S. The van der Waals surface area contributed by atoms with Crippen LogP contribution in [0.3, 0.4) is 0 Å². The number of nitrogens with one attached hydrogen (secondary N) is 2. The third-order valence-corrected chi connectivity index (χ3v) is 3.43. The van der Waals surface area contributed by atoms with E-state index in [2.05, 4.69) is 10.0 Å². The van der Waals surface area contributed by atoms with Gasteiger partial charge in [0.1, 0.15) is 0 Å². The molecule has 0 unspecified atom stereocenters. The molecule has 12 heavy (non-hydrogen) atoms. The van der Waals surface area contributed by atoms with E-state index in [0.29, 0.717) is 26.2 Å². The quantitative estimate of drug-likeness (QED) is 0.588. The summed E-state index contributed by atoms with van der Waals surface area (Å²) in [6.07, 6.45) is 0.892. The first-order valence-electron chi connectivity index (χ1n) is 4.06. The van der Waals surface area contributed by atoms with E-state index in [0.717, 1.165) is 6.42 Å². The van der Waals surface area contributed by atoms with E-state index in [1.807, 2.05) is 7.05 Å². The number of hydrogen-bond donors (Lipinski definition) is 2. The van der Waals surface area contributed by atoms with Crippen LogP contribution in [0, 0.1) is 0 Å². The largest absolute Gasteiger partial charge is 0.318 e. The highest BCUT2D eigenvalue weighted by atomic mass is 32.2. The average molecular weight is 193 g/mol. The van der Waals surface area contributed by atoms with Gasteiger partial charge in [0.2, 0.25) is 0 Å². The Bertz CT molecular complexity index is 227. The highest BCUT2D eigenvalue weighted by Gasteiger charge is 2.23. The normalized spacial score (nSPS) is 24.1. The molecule has 1 aliphatic rings. The molecule has 0 amide bonds. The van der Waals surface area contributed by atoms with Crippen molar-refractivity contribution in [2.45, 2.75) is 6.42 Å². The highest BCUT2D eigenvalue weighted by molar-refractivity contribution is 7.87. The maximum atomic E-state index is 11.3. The molecule has 0 atom stereocenters. The Morgan fingerprint density at radius 2 is 2.33 bits per heavy atom. The van der Waals surface area contributed by atoms with Crippen LogP contribution in [-0.2, 0) is 10.2 Å². The van der Waals surface area contributed by atoms with E-state index in [4.69, 9.17) is 0 Å². The summed E-state index contributed by atoms with van der Waals surface area (Å²) in [5.74, 6) is 0. The summed E-state index contributed by atoms with van der Waals surface area (Å²) in [5, 5.41) is 2.92. The molecule has 6 heteroatoms. The molecule has 0 radical (unpaired) electrons. The van der Waals surface area contributed by atoms with Crippen molar-refractivity contribution in [3.63, 3.8) is 0 Å². The molecule has 1 saturated heterocycles. The van der Waals surface area contributed by atoms with Crippen LogP contribution >= 0.6 is 0 Å². The standard InChI is InChI=1S/C6H15N3O2S/c1-7-4-6-9-5-2-3-8-12(9,10)11/h7-8H,2-6H2,1H3. The molecule has 0 bridgehead atoms. The number of nitrogens with zero attached hydrogens (tertiary/aromatic N) is 1. The van der Waals surface area contributed by atoms with Gasteiger partial charge in [-0.15, -0.1) is 0 Å². The van der Waals surface area contributed by atoms with E-state index < -0.39 is 10.2 Å². The summed E-state index contributed by atoms with van der Waals surface area (Å²) >= 11 is 0. The van der Waals surface area contributed by atoms with Crippen molar-refractivity contribution in [1.29, 1.82) is 0 Å². The predicted molar refractivity (Wildman–Crippen MR) is 47.0 cm³/mol. The minimum Gasteiger partial charge on any atom is -0.318 e. The van der Waals surface area contributed by atoms with Gasteiger partial charge in [-0.2, -0.15) is 12.7 Å². The Balaban J connectivity index is 2.49. The van der Waals surface area contributed by atoms with Crippen molar-refractivity contribution in [3.05, 3.63) is 0 Å². The molecular weight excluding hydrogens is 178 g/mol. The Kier molecular flexibility index (Phi) is 3.45. The fourth-order valence-electron chi connectivity index (χ4n) is 1.14. The Hall–Kier alpha value is -0.170. The van der Waals surface area contributed by atoms with Crippen LogP contribution < -0.4 is 10.0 Å². The van der Waals surface area contributed by atoms with Crippen LogP contribution in [0.15, 0.2) is 0 Å². The molecule has 0 spiro atoms. The number of hydrogen-bond acceptors (Lipinski definition) is 3. The second-order valence-electron chi connectivity index (χ2n) is 2.76. The van der Waals surface area contributed by atoms with Crippen molar-refractivity contribution in [2.24, 2.45) is 0 Å². The third kappa shape index (κ3) is 2.41. The third-order valence-electron chi connectivity index (χ3n) is 1.82. The van der Waals surface area contributed by atoms with Gasteiger partial charge in [0.15, 0.2) is 0 Å². The van der Waals surface area contributed by atoms with Crippen LogP contribution in [0.4, 0.5) is 0 Å². The smallest absolute Gasteiger partial charge is 0.279 e. The summed E-state index contributed by atoms with van der Waals surface area (Å²) in [6.45, 7) is 2.45. The van der Waals surface area contributed by atoms with E-state index in [-0.39, 0.29) is 0 Å². The van der Waals surface area contributed by atoms with E-state index >= 15 is 0 Å². The Morgan fingerprint density at radius 1 is 1.58 bits per heavy atom. The van der Waals surface area contributed by atoms with Gasteiger partial charge in [0.25, 0.3) is 10.2 Å². The lowest BCUT2D eigenvalue weighted by atomic mass is 10.4. The SMILES string of the molecule is CNCCN1CCCNS1(=O)=O. The average Bonchev–Trinajstić information content (AvgIpc) is 2.02. The van der Waals surface area contributed by atoms with Gasteiger partial charge < -0.3 is 5.32 Å². The first-order chi connectivity index (χ1) is 5.67. The van der Waals surface area contributed by atoms with Crippen molar-refractivity contribution >= 4 is 10.2 Å². The lowest BCUT2D eigenvalue weighted by Crippen LogP contribution is -2.48. The molecule has 1 rings (SSSR count). The van der Waals surface area contributed by atoms with Gasteiger partial charge >= 0.3 is 0 Å². The van der Waals surface area contributed by atoms with Gasteiger partial charge in [-0.3, -0.25) is 0 Å². The van der Waals surface area contributed by atoms with Gasteiger partial charge in [-0.25, -0.2) is 4.72 Å². The number of rotatable bonds is 3. The van der Waals surface area contributed by atoms with Crippen LogP contribution in [0.1, 0.15) is 6.42 Å². The molecule has 0 aromatic heterocycles. The molecule has 1 heterocycles. The molecule has 5 nitrogen and oxygen atoms in total. The zero-order valence-electron chi connectivity index (χ0n) is 7.21. The van der Waals surface area contributed by atoms with Crippen molar-refractivity contribution in [3.8, 4) is 0 Å². The monoisotopic (exact) mass is 193 g/mol. The van der Waals surface area contributed by atoms with E-state index in [1.54, 1.807) is 0 Å². The molecule has 2 N–H and O–H groups in total. The Morgan fingerprint density at radius 3 is 2.92 bits per heavy atom. The predicted octanol–water partition coefficient (Wildman–Crippen LogP) is -1.25. The van der Waals surface area contributed by atoms with E-state index in [9.17, 15) is 8.42 Å². The zero-order chi connectivity index (χ0) is 9.03. The summed E-state index contributed by atoms with van der Waals surface area (Å²) in [5.41, 5.74) is 0. The van der Waals surface area contributed by atoms with Crippen molar-refractivity contribution in [1.82, 2.24) is 14.3 Å². The first kappa shape index (κ1) is 9.91. The second kappa shape index (κ2) is 4.18. The highest BCUT2D eigenvalue weighted by Crippen LogP contribution is 2.03. The number of likely N-dealkylation sites (N-methyl/N-ethyl adjacent to an activating group) is 1. The van der Waals surface area contributed by atoms with Crippen LogP contribution in [0.2, 0.25) is 0 Å². The van der Waals surface area contributed by atoms with Crippen molar-refractivity contribution < 1.29 is 8.42 Å². The lowest BCUT2D eigenvalue weighted by Gasteiger charge is -2.26. The molecule has 72 valence electrons. The topological polar surface area (TPSA) is 61.4 Å². The first-order valence-corrected chi connectivity index (χ1v) is 5.50. The molecule has 1 aliphatic heterocycles. The minimum absolute atomic E-state index is 0.547. The van der Waals surface area contributed by atoms with Gasteiger partial charge in [-0.1, -0.05) is 0 Å². The molecule has 1 fully saturated rings. The summed E-state index contributed by atoms with van der Waals surface area (Å²) < 4.78 is 26.5. The fraction of sp³-hybridized carbons (Fsp3) is 1.00. The second-order valence-corrected chi connectivity index (χ2v) is 4.51. The zero-order valence-corrected chi connectivity index (χ0v) is 8.02. The van der Waals surface area contributed by atoms with Gasteiger partial charge in [-0.05, 0) is 13.5 Å². The van der Waals surface area contributed by atoms with Crippen molar-refractivity contribution in [2.75, 3.05) is 33.2 Å². The summed E-state index contributed by atoms with van der Waals surface area (Å²) in [4.78, 5) is 0. The van der Waals surface area contributed by atoms with Crippen LogP contribution in [0.5, 0.6) is 0 Å². The maximum Gasteiger partial charge on any atom is 0.279 e. The van der Waals surface area contributed by atoms with E-state index in [1.165, 1.54) is 4.31 Å². The Labute approximate surface area is 73.3 Å². The molecule has 0 saturated carbocycles. The molecule has 0 aromatic carbocycles. The lowest BCUT2D eigenvalue weighted by molar-refractivity contribution is 0.374. The van der Waals surface area contributed by atoms with Gasteiger partial charge in [0.05, 0.1) is 0 Å². The summed E-state index contributed by atoms with van der Waals surface area (Å²) in [6, 6.07) is 0. The molecule has 0 aromatic rings. The van der Waals surface area contributed by atoms with Crippen LogP contribution in [0.25, 0.3) is 0 Å². The minimum atomic E-state index is -3.15.